The first-order valence-corrected chi connectivity index (χ1v) is 24.3. The summed E-state index contributed by atoms with van der Waals surface area (Å²) in [5.41, 5.74) is 6.39. The van der Waals surface area contributed by atoms with Crippen LogP contribution >= 0.6 is 11.3 Å². The molecular formula is C49H63N13O7S. The van der Waals surface area contributed by atoms with Crippen molar-refractivity contribution in [2.75, 3.05) is 49.7 Å². The number of pyridine rings is 2. The van der Waals surface area contributed by atoms with Gasteiger partial charge in [0.2, 0.25) is 23.6 Å². The lowest BCUT2D eigenvalue weighted by molar-refractivity contribution is -0.144. The molecule has 21 heteroatoms. The minimum absolute atomic E-state index is 0.0180. The summed E-state index contributed by atoms with van der Waals surface area (Å²) >= 11 is 1.56. The van der Waals surface area contributed by atoms with Crippen molar-refractivity contribution in [3.05, 3.63) is 88.4 Å². The number of aromatic nitrogens is 6. The van der Waals surface area contributed by atoms with Crippen LogP contribution in [0, 0.1) is 12.3 Å². The quantitative estimate of drug-likeness (QED) is 0.0704. The molecule has 3 atom stereocenters. The molecule has 372 valence electrons. The molecule has 0 spiro atoms. The van der Waals surface area contributed by atoms with E-state index in [4.69, 9.17) is 14.7 Å². The molecule has 2 aliphatic rings. The van der Waals surface area contributed by atoms with Crippen LogP contribution in [0.4, 0.5) is 11.6 Å². The van der Waals surface area contributed by atoms with E-state index in [1.54, 1.807) is 61.0 Å². The van der Waals surface area contributed by atoms with Crippen molar-refractivity contribution in [3.63, 3.8) is 0 Å². The SMILES string of the molecule is CCn1cnnc1-c1cccc(N2Cc3c(cc(N(C)C(C)C)nc3CNCC(=O)NCCOCC(=O)N[C@H](C(=O)N3C[C@H](O)C[C@H]3C(=O)NCc3ccc(-c4scnc4C)cc3)C(C)(C)C)C2=O)n1. The molecule has 2 aliphatic heterocycles. The fourth-order valence-corrected chi connectivity index (χ4v) is 9.09. The number of aryl methyl sites for hydroxylation is 2. The van der Waals surface area contributed by atoms with Gasteiger partial charge in [-0.05, 0) is 62.4 Å². The van der Waals surface area contributed by atoms with Gasteiger partial charge in [-0.1, -0.05) is 51.1 Å². The first kappa shape index (κ1) is 51.2. The van der Waals surface area contributed by atoms with Gasteiger partial charge in [-0.2, -0.15) is 0 Å². The van der Waals surface area contributed by atoms with Gasteiger partial charge in [0.25, 0.3) is 5.91 Å². The molecule has 4 aromatic heterocycles. The molecule has 1 fully saturated rings. The van der Waals surface area contributed by atoms with E-state index in [0.29, 0.717) is 41.0 Å². The lowest BCUT2D eigenvalue weighted by atomic mass is 9.85. The number of β-amino-alcohol motifs (C(OH)–C–C–N with tert-alkyl or cyclic N) is 1. The minimum atomic E-state index is -1.02. The number of nitrogens with one attached hydrogen (secondary N) is 4. The number of anilines is 2. The fraction of sp³-hybridized carbons (Fsp3) is 0.469. The largest absolute Gasteiger partial charge is 0.391 e. The Bertz CT molecular complexity index is 2680. The van der Waals surface area contributed by atoms with Crippen molar-refractivity contribution >= 4 is 52.5 Å². The predicted molar refractivity (Wildman–Crippen MR) is 264 cm³/mol. The molecule has 5 amide bonds. The first-order valence-electron chi connectivity index (χ1n) is 23.5. The van der Waals surface area contributed by atoms with Crippen LogP contribution in [0.1, 0.15) is 80.8 Å². The number of carbonyl (C=O) groups excluding carboxylic acids is 5. The molecule has 1 aromatic carbocycles. The number of amides is 5. The van der Waals surface area contributed by atoms with E-state index in [1.807, 2.05) is 80.6 Å². The van der Waals surface area contributed by atoms with Crippen LogP contribution in [0.5, 0.6) is 0 Å². The van der Waals surface area contributed by atoms with Crippen molar-refractivity contribution < 1.29 is 33.8 Å². The van der Waals surface area contributed by atoms with Crippen LogP contribution in [-0.2, 0) is 50.1 Å². The molecule has 0 saturated carbocycles. The maximum Gasteiger partial charge on any atom is 0.260 e. The Morgan fingerprint density at radius 1 is 1.03 bits per heavy atom. The van der Waals surface area contributed by atoms with Gasteiger partial charge in [0.1, 0.15) is 42.3 Å². The van der Waals surface area contributed by atoms with Crippen LogP contribution in [-0.4, -0.2) is 133 Å². The van der Waals surface area contributed by atoms with E-state index >= 15 is 0 Å². The molecule has 0 bridgehead atoms. The molecule has 7 rings (SSSR count). The lowest BCUT2D eigenvalue weighted by Crippen LogP contribution is -2.58. The summed E-state index contributed by atoms with van der Waals surface area (Å²) in [5, 5.41) is 30.5. The summed E-state index contributed by atoms with van der Waals surface area (Å²) in [4.78, 5) is 87.6. The molecule has 1 saturated heterocycles. The van der Waals surface area contributed by atoms with E-state index in [-0.39, 0.29) is 76.8 Å². The number of ether oxygens (including phenoxy) is 1. The van der Waals surface area contributed by atoms with Crippen molar-refractivity contribution in [1.82, 2.24) is 55.9 Å². The van der Waals surface area contributed by atoms with Crippen LogP contribution < -0.4 is 31.1 Å². The molecule has 5 aromatic rings. The number of thiazole rings is 1. The Morgan fingerprint density at radius 2 is 1.80 bits per heavy atom. The Labute approximate surface area is 411 Å². The van der Waals surface area contributed by atoms with Crippen molar-refractivity contribution in [3.8, 4) is 22.0 Å². The average molecular weight is 978 g/mol. The maximum absolute atomic E-state index is 14.0. The van der Waals surface area contributed by atoms with E-state index in [0.717, 1.165) is 27.3 Å². The minimum Gasteiger partial charge on any atom is -0.391 e. The zero-order chi connectivity index (χ0) is 50.3. The van der Waals surface area contributed by atoms with Crippen LogP contribution in [0.3, 0.4) is 0 Å². The number of fused-ring (bicyclic) bond motifs is 1. The highest BCUT2D eigenvalue weighted by molar-refractivity contribution is 7.13. The third-order valence-corrected chi connectivity index (χ3v) is 13.4. The molecule has 0 unspecified atom stereocenters. The first-order chi connectivity index (χ1) is 33.4. The number of aliphatic hydroxyl groups excluding tert-OH is 1. The number of carbonyl (C=O) groups is 5. The molecule has 0 radical (unpaired) electrons. The molecule has 5 N–H and O–H groups in total. The lowest BCUT2D eigenvalue weighted by Gasteiger charge is -2.35. The Kier molecular flexibility index (Phi) is 16.4. The zero-order valence-corrected chi connectivity index (χ0v) is 41.8. The monoisotopic (exact) mass is 977 g/mol. The standard InChI is InChI=1S/C49H63N13O7S/c1-9-60-27-54-58-45(60)36-11-10-12-39(55-36)62-25-35-34(47(62)67)20-40(59(8)29(2)3)56-37(35)22-50-23-41(64)51-17-18-69-26-42(65)57-44(49(5,6)7)48(68)61-24-33(63)19-38(61)46(66)52-21-31-13-15-32(16-14-31)43-30(4)53-28-70-43/h10-16,20,27-29,33,38,44,50,63H,9,17-19,21-26H2,1-8H3,(H,51,64)(H,52,66)(H,57,65)/t33-,38+,44-/m1/s1. The summed E-state index contributed by atoms with van der Waals surface area (Å²) in [6.07, 6.45) is 0.802. The summed E-state index contributed by atoms with van der Waals surface area (Å²) in [6.45, 7) is 14.4. The number of likely N-dealkylation sites (tertiary alicyclic amines) is 1. The summed E-state index contributed by atoms with van der Waals surface area (Å²) in [5.74, 6) is -0.257. The van der Waals surface area contributed by atoms with Crippen molar-refractivity contribution in [2.24, 2.45) is 5.41 Å². The van der Waals surface area contributed by atoms with Gasteiger partial charge < -0.3 is 45.5 Å². The van der Waals surface area contributed by atoms with Crippen LogP contribution in [0.2, 0.25) is 0 Å². The van der Waals surface area contributed by atoms with Crippen LogP contribution in [0.25, 0.3) is 22.0 Å². The van der Waals surface area contributed by atoms with Gasteiger partial charge in [-0.25, -0.2) is 15.0 Å². The van der Waals surface area contributed by atoms with Crippen molar-refractivity contribution in [2.45, 2.75) is 105 Å². The number of benzene rings is 1. The molecule has 70 heavy (non-hydrogen) atoms. The molecule has 0 aliphatic carbocycles. The second-order valence-corrected chi connectivity index (χ2v) is 19.7. The molecular weight excluding hydrogens is 915 g/mol. The zero-order valence-electron chi connectivity index (χ0n) is 41.0. The van der Waals surface area contributed by atoms with E-state index in [9.17, 15) is 29.1 Å². The third-order valence-electron chi connectivity index (χ3n) is 12.4. The highest BCUT2D eigenvalue weighted by Gasteiger charge is 2.44. The van der Waals surface area contributed by atoms with Gasteiger partial charge in [0.05, 0.1) is 53.1 Å². The second kappa shape index (κ2) is 22.4. The van der Waals surface area contributed by atoms with Gasteiger partial charge in [0.15, 0.2) is 5.82 Å². The van der Waals surface area contributed by atoms with E-state index in [2.05, 4.69) is 36.4 Å². The summed E-state index contributed by atoms with van der Waals surface area (Å²) in [6, 6.07) is 13.2. The number of hydrogen-bond acceptors (Lipinski definition) is 15. The average Bonchev–Trinajstić information content (AvgIpc) is 4.15. The topological polar surface area (TPSA) is 242 Å². The number of nitrogens with zero attached hydrogens (tertiary/aromatic N) is 9. The highest BCUT2D eigenvalue weighted by atomic mass is 32.1. The fourth-order valence-electron chi connectivity index (χ4n) is 8.28. The Hall–Kier alpha value is -6.68. The normalized spacial score (nSPS) is 16.1. The van der Waals surface area contributed by atoms with Gasteiger partial charge in [-0.3, -0.25) is 28.9 Å². The van der Waals surface area contributed by atoms with Crippen molar-refractivity contribution in [1.29, 1.82) is 0 Å². The highest BCUT2D eigenvalue weighted by Crippen LogP contribution is 2.33. The summed E-state index contributed by atoms with van der Waals surface area (Å²) in [7, 11) is 1.91. The van der Waals surface area contributed by atoms with E-state index < -0.39 is 41.3 Å². The Balaban J connectivity index is 0.874. The van der Waals surface area contributed by atoms with E-state index in [1.165, 1.54) is 4.90 Å². The smallest absolute Gasteiger partial charge is 0.260 e. The Morgan fingerprint density at radius 3 is 2.50 bits per heavy atom. The number of rotatable bonds is 20. The third kappa shape index (κ3) is 12.0. The molecule has 6 heterocycles. The van der Waals surface area contributed by atoms with Gasteiger partial charge in [0, 0.05) is 57.8 Å². The van der Waals surface area contributed by atoms with Gasteiger partial charge >= 0.3 is 0 Å². The number of hydrogen-bond donors (Lipinski definition) is 5. The second-order valence-electron chi connectivity index (χ2n) is 18.8. The summed E-state index contributed by atoms with van der Waals surface area (Å²) < 4.78 is 7.46. The molecule has 20 nitrogen and oxygen atoms in total. The van der Waals surface area contributed by atoms with Crippen LogP contribution in [0.15, 0.2) is 60.4 Å². The maximum atomic E-state index is 14.0. The van der Waals surface area contributed by atoms with Gasteiger partial charge in [-0.15, -0.1) is 21.5 Å². The number of aliphatic hydroxyl groups is 1. The predicted octanol–water partition coefficient (Wildman–Crippen LogP) is 3.22.